The van der Waals surface area contributed by atoms with Crippen LogP contribution in [0.4, 0.5) is 5.69 Å². The third kappa shape index (κ3) is 2.06. The van der Waals surface area contributed by atoms with Crippen molar-refractivity contribution in [2.75, 3.05) is 5.01 Å². The van der Waals surface area contributed by atoms with Gasteiger partial charge in [0.15, 0.2) is 0 Å². The zero-order valence-electron chi connectivity index (χ0n) is 8.70. The Morgan fingerprint density at radius 3 is 2.75 bits per heavy atom. The van der Waals surface area contributed by atoms with Crippen LogP contribution in [0.15, 0.2) is 23.3 Å². The maximum Gasteiger partial charge on any atom is 0.253 e. The largest absolute Gasteiger partial charge is 0.272 e. The summed E-state index contributed by atoms with van der Waals surface area (Å²) < 4.78 is 0. The van der Waals surface area contributed by atoms with Crippen molar-refractivity contribution in [3.05, 3.63) is 28.2 Å². The van der Waals surface area contributed by atoms with Crippen LogP contribution in [0.3, 0.4) is 0 Å². The zero-order chi connectivity index (χ0) is 11.7. The lowest BCUT2D eigenvalue weighted by Crippen LogP contribution is -2.19. The third-order valence-electron chi connectivity index (χ3n) is 2.38. The minimum absolute atomic E-state index is 0.0546. The van der Waals surface area contributed by atoms with E-state index in [1.807, 2.05) is 6.92 Å². The van der Waals surface area contributed by atoms with Crippen LogP contribution in [0.25, 0.3) is 0 Å². The lowest BCUT2D eigenvalue weighted by Gasteiger charge is -2.13. The van der Waals surface area contributed by atoms with Crippen LogP contribution in [0, 0.1) is 0 Å². The van der Waals surface area contributed by atoms with Gasteiger partial charge in [-0.2, -0.15) is 10.1 Å². The summed E-state index contributed by atoms with van der Waals surface area (Å²) in [7, 11) is 0. The molecule has 3 nitrogen and oxygen atoms in total. The van der Waals surface area contributed by atoms with Crippen molar-refractivity contribution in [3.63, 3.8) is 0 Å². The van der Waals surface area contributed by atoms with Crippen molar-refractivity contribution in [3.8, 4) is 0 Å². The fourth-order valence-electron chi connectivity index (χ4n) is 1.52. The average molecular weight is 257 g/mol. The molecular weight excluding hydrogens is 247 g/mol. The highest BCUT2D eigenvalue weighted by Crippen LogP contribution is 2.31. The van der Waals surface area contributed by atoms with E-state index in [0.717, 1.165) is 12.1 Å². The Labute approximate surface area is 104 Å². The molecule has 0 saturated carbocycles. The molecule has 0 unspecified atom stereocenters. The topological polar surface area (TPSA) is 32.7 Å². The molecule has 0 aromatic heterocycles. The number of benzene rings is 1. The van der Waals surface area contributed by atoms with Gasteiger partial charge in [0, 0.05) is 10.7 Å². The molecule has 1 heterocycles. The molecule has 0 aliphatic carbocycles. The van der Waals surface area contributed by atoms with Crippen LogP contribution in [0.2, 0.25) is 10.0 Å². The van der Waals surface area contributed by atoms with E-state index in [4.69, 9.17) is 23.2 Å². The van der Waals surface area contributed by atoms with Crippen molar-refractivity contribution in [1.82, 2.24) is 0 Å². The predicted molar refractivity (Wildman–Crippen MR) is 66.3 cm³/mol. The number of hydrogen-bond acceptors (Lipinski definition) is 2. The quantitative estimate of drug-likeness (QED) is 0.798. The van der Waals surface area contributed by atoms with E-state index < -0.39 is 0 Å². The smallest absolute Gasteiger partial charge is 0.253 e. The van der Waals surface area contributed by atoms with Gasteiger partial charge in [-0.15, -0.1) is 0 Å². The highest BCUT2D eigenvalue weighted by atomic mass is 35.5. The van der Waals surface area contributed by atoms with Crippen molar-refractivity contribution >= 4 is 40.5 Å². The normalized spacial score (nSPS) is 15.6. The molecule has 1 aliphatic heterocycles. The van der Waals surface area contributed by atoms with Gasteiger partial charge in [0.25, 0.3) is 5.91 Å². The van der Waals surface area contributed by atoms with E-state index >= 15 is 0 Å². The number of amides is 1. The number of halogens is 2. The summed E-state index contributed by atoms with van der Waals surface area (Å²) in [6, 6.07) is 4.99. The zero-order valence-corrected chi connectivity index (χ0v) is 10.2. The van der Waals surface area contributed by atoms with Crippen LogP contribution < -0.4 is 5.01 Å². The monoisotopic (exact) mass is 256 g/mol. The van der Waals surface area contributed by atoms with Crippen LogP contribution in [0.5, 0.6) is 0 Å². The average Bonchev–Trinajstić information content (AvgIpc) is 2.60. The lowest BCUT2D eigenvalue weighted by atomic mass is 10.2. The number of rotatable bonds is 2. The molecule has 0 atom stereocenters. The van der Waals surface area contributed by atoms with E-state index in [1.165, 1.54) is 5.01 Å². The number of carbonyl (C=O) groups is 1. The minimum Gasteiger partial charge on any atom is -0.272 e. The fraction of sp³-hybridized carbons (Fsp3) is 0.273. The van der Waals surface area contributed by atoms with Crippen LogP contribution >= 0.6 is 23.2 Å². The van der Waals surface area contributed by atoms with Crippen LogP contribution in [-0.2, 0) is 4.79 Å². The Kier molecular flexibility index (Phi) is 3.17. The van der Waals surface area contributed by atoms with Gasteiger partial charge in [0.2, 0.25) is 0 Å². The number of hydrogen-bond donors (Lipinski definition) is 0. The summed E-state index contributed by atoms with van der Waals surface area (Å²) in [6.45, 7) is 1.97. The van der Waals surface area contributed by atoms with Crippen molar-refractivity contribution in [1.29, 1.82) is 0 Å². The van der Waals surface area contributed by atoms with Crippen molar-refractivity contribution in [2.24, 2.45) is 5.10 Å². The molecule has 0 radical (unpaired) electrons. The number of carbonyl (C=O) groups excluding carboxylic acids is 1. The second-order valence-corrected chi connectivity index (χ2v) is 4.34. The van der Waals surface area contributed by atoms with Gasteiger partial charge in [0.05, 0.1) is 17.1 Å². The van der Waals surface area contributed by atoms with Gasteiger partial charge < -0.3 is 0 Å². The van der Waals surface area contributed by atoms with Gasteiger partial charge >= 0.3 is 0 Å². The molecule has 1 aliphatic rings. The molecule has 0 bridgehead atoms. The van der Waals surface area contributed by atoms with E-state index in [0.29, 0.717) is 22.2 Å². The number of anilines is 1. The SMILES string of the molecule is CCC1=NN(c2ccc(Cl)cc2Cl)C(=O)C1. The van der Waals surface area contributed by atoms with Gasteiger partial charge in [-0.1, -0.05) is 30.1 Å². The summed E-state index contributed by atoms with van der Waals surface area (Å²) >= 11 is 11.8. The molecule has 2 rings (SSSR count). The Balaban J connectivity index is 2.38. The summed E-state index contributed by atoms with van der Waals surface area (Å²) in [5.74, 6) is -0.0546. The van der Waals surface area contributed by atoms with Crippen molar-refractivity contribution < 1.29 is 4.79 Å². The third-order valence-corrected chi connectivity index (χ3v) is 2.92. The molecule has 16 heavy (non-hydrogen) atoms. The van der Waals surface area contributed by atoms with Gasteiger partial charge in [-0.05, 0) is 24.6 Å². The van der Waals surface area contributed by atoms with Gasteiger partial charge in [-0.25, -0.2) is 0 Å². The Hall–Kier alpha value is -1.06. The highest BCUT2D eigenvalue weighted by molar-refractivity contribution is 6.37. The maximum atomic E-state index is 11.7. The van der Waals surface area contributed by atoms with E-state index in [2.05, 4.69) is 5.10 Å². The van der Waals surface area contributed by atoms with E-state index in [9.17, 15) is 4.79 Å². The molecule has 0 fully saturated rings. The second-order valence-electron chi connectivity index (χ2n) is 3.50. The number of hydrazone groups is 1. The molecule has 0 spiro atoms. The van der Waals surface area contributed by atoms with E-state index in [-0.39, 0.29) is 5.91 Å². The minimum atomic E-state index is -0.0546. The van der Waals surface area contributed by atoms with Gasteiger partial charge in [0.1, 0.15) is 0 Å². The Morgan fingerprint density at radius 2 is 2.19 bits per heavy atom. The molecule has 0 N–H and O–H groups in total. The van der Waals surface area contributed by atoms with Crippen LogP contribution in [0.1, 0.15) is 19.8 Å². The summed E-state index contributed by atoms with van der Waals surface area (Å²) in [5, 5.41) is 6.54. The molecule has 84 valence electrons. The lowest BCUT2D eigenvalue weighted by molar-refractivity contribution is -0.116. The van der Waals surface area contributed by atoms with E-state index in [1.54, 1.807) is 18.2 Å². The second kappa shape index (κ2) is 4.44. The Morgan fingerprint density at radius 1 is 1.44 bits per heavy atom. The molecular formula is C11H10Cl2N2O. The Bertz CT molecular complexity index is 471. The van der Waals surface area contributed by atoms with Crippen molar-refractivity contribution in [2.45, 2.75) is 19.8 Å². The summed E-state index contributed by atoms with van der Waals surface area (Å²) in [6.07, 6.45) is 1.14. The fourth-order valence-corrected chi connectivity index (χ4v) is 2.01. The number of nitrogens with zero attached hydrogens (tertiary/aromatic N) is 2. The first kappa shape index (κ1) is 11.4. The first-order chi connectivity index (χ1) is 7.61. The molecule has 0 saturated heterocycles. The maximum absolute atomic E-state index is 11.7. The highest BCUT2D eigenvalue weighted by Gasteiger charge is 2.25. The molecule has 1 aromatic carbocycles. The van der Waals surface area contributed by atoms with Crippen LogP contribution in [-0.4, -0.2) is 11.6 Å². The molecule has 1 aromatic rings. The molecule has 1 amide bonds. The summed E-state index contributed by atoms with van der Waals surface area (Å²) in [5.41, 5.74) is 1.45. The standard InChI is InChI=1S/C11H10Cl2N2O/c1-2-8-6-11(16)15(14-8)10-4-3-7(12)5-9(10)13/h3-5H,2,6H2,1H3. The predicted octanol–water partition coefficient (Wildman–Crippen LogP) is 3.50. The first-order valence-corrected chi connectivity index (χ1v) is 5.71. The summed E-state index contributed by atoms with van der Waals surface area (Å²) in [4.78, 5) is 11.7. The van der Waals surface area contributed by atoms with Gasteiger partial charge in [-0.3, -0.25) is 4.79 Å². The molecule has 5 heteroatoms. The first-order valence-electron chi connectivity index (χ1n) is 4.96.